The Morgan fingerprint density at radius 2 is 2.11 bits per heavy atom. The summed E-state index contributed by atoms with van der Waals surface area (Å²) in [5, 5.41) is 10.5. The van der Waals surface area contributed by atoms with Crippen molar-refractivity contribution in [3.05, 3.63) is 24.0 Å². The molecule has 1 aromatic heterocycles. The monoisotopic (exact) mass is 264 g/mol. The number of hydrogen-bond acceptors (Lipinski definition) is 2. The first-order valence-corrected chi connectivity index (χ1v) is 4.92. The Bertz CT molecular complexity index is 453. The maximum absolute atomic E-state index is 12.1. The highest BCUT2D eigenvalue weighted by Gasteiger charge is 2.36. The van der Waals surface area contributed by atoms with Gasteiger partial charge < -0.3 is 15.0 Å². The molecule has 1 amide bonds. The Balaban J connectivity index is 2.76. The predicted molar refractivity (Wildman–Crippen MR) is 55.0 cm³/mol. The van der Waals surface area contributed by atoms with Crippen molar-refractivity contribution >= 4 is 11.9 Å². The molecular weight excluding hydrogens is 253 g/mol. The van der Waals surface area contributed by atoms with Crippen molar-refractivity contribution in [2.24, 2.45) is 7.05 Å². The van der Waals surface area contributed by atoms with E-state index in [1.807, 2.05) is 5.32 Å². The highest BCUT2D eigenvalue weighted by Crippen LogP contribution is 2.21. The minimum atomic E-state index is -4.66. The van der Waals surface area contributed by atoms with Crippen molar-refractivity contribution < 1.29 is 27.9 Å². The first kappa shape index (κ1) is 14.1. The molecule has 2 N–H and O–H groups in total. The molecule has 0 saturated heterocycles. The minimum Gasteiger partial charge on any atom is -0.480 e. The molecule has 0 aliphatic carbocycles. The van der Waals surface area contributed by atoms with Gasteiger partial charge in [-0.25, -0.2) is 4.79 Å². The van der Waals surface area contributed by atoms with Crippen molar-refractivity contribution in [2.75, 3.05) is 0 Å². The number of aromatic nitrogens is 1. The highest BCUT2D eigenvalue weighted by atomic mass is 19.4. The summed E-state index contributed by atoms with van der Waals surface area (Å²) in [7, 11) is 1.52. The number of carboxylic acid groups (broad SMARTS) is 1. The Labute approximate surface area is 100 Å². The molecule has 5 nitrogen and oxygen atoms in total. The molecular formula is C10H11F3N2O3. The van der Waals surface area contributed by atoms with E-state index in [4.69, 9.17) is 5.11 Å². The fraction of sp³-hybridized carbons (Fsp3) is 0.400. The van der Waals surface area contributed by atoms with E-state index in [2.05, 4.69) is 0 Å². The second-order valence-corrected chi connectivity index (χ2v) is 3.69. The number of carbonyl (C=O) groups is 2. The van der Waals surface area contributed by atoms with Gasteiger partial charge in [0.05, 0.1) is 6.42 Å². The molecule has 0 aliphatic rings. The Hall–Kier alpha value is -1.99. The zero-order valence-electron chi connectivity index (χ0n) is 9.36. The molecule has 0 aliphatic heterocycles. The maximum Gasteiger partial charge on any atom is 0.391 e. The van der Waals surface area contributed by atoms with Gasteiger partial charge in [-0.05, 0) is 12.1 Å². The molecule has 0 radical (unpaired) electrons. The van der Waals surface area contributed by atoms with E-state index in [-0.39, 0.29) is 5.69 Å². The van der Waals surface area contributed by atoms with Crippen molar-refractivity contribution in [1.29, 1.82) is 0 Å². The van der Waals surface area contributed by atoms with Gasteiger partial charge in [0.25, 0.3) is 5.91 Å². The number of aliphatic carboxylic acids is 1. The third kappa shape index (κ3) is 3.79. The quantitative estimate of drug-likeness (QED) is 0.857. The lowest BCUT2D eigenvalue weighted by atomic mass is 10.2. The number of alkyl halides is 3. The number of nitrogens with one attached hydrogen (secondary N) is 1. The van der Waals surface area contributed by atoms with Crippen molar-refractivity contribution in [2.45, 2.75) is 18.6 Å². The van der Waals surface area contributed by atoms with Crippen LogP contribution in [0.2, 0.25) is 0 Å². The van der Waals surface area contributed by atoms with Gasteiger partial charge in [-0.2, -0.15) is 13.2 Å². The number of hydrogen-bond donors (Lipinski definition) is 2. The predicted octanol–water partition coefficient (Wildman–Crippen LogP) is 1.16. The standard InChI is InChI=1S/C10H11F3N2O3/c1-15-4-2-3-7(15)8(16)14-6(9(17)18)5-10(11,12)13/h2-4,6H,5H2,1H3,(H,14,16)(H,17,18). The van der Waals surface area contributed by atoms with Gasteiger partial charge in [-0.1, -0.05) is 0 Å². The summed E-state index contributed by atoms with van der Waals surface area (Å²) in [5.74, 6) is -2.59. The zero-order chi connectivity index (χ0) is 13.9. The van der Waals surface area contributed by atoms with Gasteiger partial charge >= 0.3 is 12.1 Å². The summed E-state index contributed by atoms with van der Waals surface area (Å²) in [6.07, 6.45) is -4.75. The first-order chi connectivity index (χ1) is 8.20. The molecule has 0 bridgehead atoms. The molecule has 0 aromatic carbocycles. The van der Waals surface area contributed by atoms with Crippen LogP contribution < -0.4 is 5.32 Å². The van der Waals surface area contributed by atoms with Crippen molar-refractivity contribution in [3.8, 4) is 0 Å². The van der Waals surface area contributed by atoms with Gasteiger partial charge in [-0.3, -0.25) is 4.79 Å². The lowest BCUT2D eigenvalue weighted by molar-refractivity contribution is -0.157. The van der Waals surface area contributed by atoms with E-state index in [0.29, 0.717) is 0 Å². The molecule has 0 spiro atoms. The number of carbonyl (C=O) groups excluding carboxylic acids is 1. The largest absolute Gasteiger partial charge is 0.480 e. The van der Waals surface area contributed by atoms with Crippen LogP contribution in [0, 0.1) is 0 Å². The lowest BCUT2D eigenvalue weighted by Gasteiger charge is -2.16. The average molecular weight is 264 g/mol. The highest BCUT2D eigenvalue weighted by molar-refractivity contribution is 5.95. The number of halogens is 3. The van der Waals surface area contributed by atoms with Crippen LogP contribution in [0.4, 0.5) is 13.2 Å². The molecule has 0 saturated carbocycles. The Morgan fingerprint density at radius 3 is 2.50 bits per heavy atom. The SMILES string of the molecule is Cn1cccc1C(=O)NC(CC(F)(F)F)C(=O)O. The summed E-state index contributed by atoms with van der Waals surface area (Å²) >= 11 is 0. The fourth-order valence-electron chi connectivity index (χ4n) is 1.36. The normalized spacial score (nSPS) is 13.1. The molecule has 1 heterocycles. The minimum absolute atomic E-state index is 0.0865. The molecule has 1 atom stereocenters. The van der Waals surface area contributed by atoms with E-state index in [9.17, 15) is 22.8 Å². The fourth-order valence-corrected chi connectivity index (χ4v) is 1.36. The van der Waals surface area contributed by atoms with Crippen molar-refractivity contribution in [3.63, 3.8) is 0 Å². The van der Waals surface area contributed by atoms with Crippen LogP contribution in [-0.2, 0) is 11.8 Å². The molecule has 1 unspecified atom stereocenters. The Morgan fingerprint density at radius 1 is 1.50 bits per heavy atom. The van der Waals surface area contributed by atoms with Gasteiger partial charge in [0.1, 0.15) is 11.7 Å². The molecule has 1 aromatic rings. The summed E-state index contributed by atoms with van der Waals surface area (Å²) in [4.78, 5) is 22.2. The summed E-state index contributed by atoms with van der Waals surface area (Å²) in [6.45, 7) is 0. The van der Waals surface area contributed by atoms with Crippen LogP contribution in [0.25, 0.3) is 0 Å². The van der Waals surface area contributed by atoms with Crippen LogP contribution in [0.5, 0.6) is 0 Å². The van der Waals surface area contributed by atoms with Crippen LogP contribution >= 0.6 is 0 Å². The molecule has 100 valence electrons. The van der Waals surface area contributed by atoms with Gasteiger partial charge in [-0.15, -0.1) is 0 Å². The summed E-state index contributed by atoms with van der Waals surface area (Å²) in [5.41, 5.74) is 0.0865. The smallest absolute Gasteiger partial charge is 0.391 e. The second-order valence-electron chi connectivity index (χ2n) is 3.69. The summed E-state index contributed by atoms with van der Waals surface area (Å²) in [6, 6.07) is 0.906. The van der Waals surface area contributed by atoms with E-state index in [1.54, 1.807) is 0 Å². The maximum atomic E-state index is 12.1. The molecule has 18 heavy (non-hydrogen) atoms. The number of rotatable bonds is 4. The zero-order valence-corrected chi connectivity index (χ0v) is 9.36. The van der Waals surface area contributed by atoms with Gasteiger partial charge in [0.2, 0.25) is 0 Å². The molecule has 1 rings (SSSR count). The van der Waals surface area contributed by atoms with E-state index >= 15 is 0 Å². The van der Waals surface area contributed by atoms with Gasteiger partial charge in [0.15, 0.2) is 0 Å². The summed E-state index contributed by atoms with van der Waals surface area (Å²) < 4.78 is 37.7. The molecule has 0 fully saturated rings. The third-order valence-corrected chi connectivity index (χ3v) is 2.22. The first-order valence-electron chi connectivity index (χ1n) is 4.92. The number of aryl methyl sites for hydroxylation is 1. The second kappa shape index (κ2) is 5.11. The van der Waals surface area contributed by atoms with Crippen LogP contribution in [0.3, 0.4) is 0 Å². The van der Waals surface area contributed by atoms with E-state index in [0.717, 1.165) is 0 Å². The van der Waals surface area contributed by atoms with Crippen LogP contribution in [-0.4, -0.2) is 33.8 Å². The van der Waals surface area contributed by atoms with Crippen LogP contribution in [0.15, 0.2) is 18.3 Å². The average Bonchev–Trinajstić information content (AvgIpc) is 2.61. The number of amides is 1. The van der Waals surface area contributed by atoms with E-state index < -0.39 is 30.5 Å². The number of carboxylic acids is 1. The lowest BCUT2D eigenvalue weighted by Crippen LogP contribution is -2.44. The van der Waals surface area contributed by atoms with Gasteiger partial charge in [0, 0.05) is 13.2 Å². The van der Waals surface area contributed by atoms with Crippen molar-refractivity contribution in [1.82, 2.24) is 9.88 Å². The molecule has 8 heteroatoms. The van der Waals surface area contributed by atoms with E-state index in [1.165, 1.54) is 29.9 Å². The third-order valence-electron chi connectivity index (χ3n) is 2.22. The topological polar surface area (TPSA) is 71.3 Å². The number of nitrogens with zero attached hydrogens (tertiary/aromatic N) is 1. The van der Waals surface area contributed by atoms with Crippen LogP contribution in [0.1, 0.15) is 16.9 Å². The Kier molecular flexibility index (Phi) is 4.00.